The maximum Gasteiger partial charge on any atom is 0.414 e. The number of carbonyl (C=O) groups excluding carboxylic acids is 1. The predicted molar refractivity (Wildman–Crippen MR) is 80.1 cm³/mol. The topological polar surface area (TPSA) is 49.8 Å². The van der Waals surface area contributed by atoms with E-state index in [0.717, 1.165) is 11.1 Å². The Morgan fingerprint density at radius 3 is 2.43 bits per heavy atom. The second kappa shape index (κ2) is 4.90. The number of fused-ring (bicyclic) bond motifs is 1. The van der Waals surface area contributed by atoms with Crippen LogP contribution >= 0.6 is 0 Å². The summed E-state index contributed by atoms with van der Waals surface area (Å²) in [6.45, 7) is 1.85. The number of hydrogen-bond acceptors (Lipinski definition) is 3. The molecule has 0 radical (unpaired) electrons. The summed E-state index contributed by atoms with van der Waals surface area (Å²) >= 11 is 0. The van der Waals surface area contributed by atoms with Gasteiger partial charge in [-0.05, 0) is 18.6 Å². The largest absolute Gasteiger partial charge is 0.452 e. The first-order valence-electron chi connectivity index (χ1n) is 6.81. The summed E-state index contributed by atoms with van der Waals surface area (Å²) in [6, 6.07) is 16.9. The van der Waals surface area contributed by atoms with Crippen LogP contribution < -0.4 is 4.90 Å². The number of anilines is 1. The molecular formula is C17H17NO3. The van der Waals surface area contributed by atoms with E-state index < -0.39 is 17.7 Å². The average Bonchev–Trinajstić information content (AvgIpc) is 2.77. The van der Waals surface area contributed by atoms with Crippen molar-refractivity contribution in [2.24, 2.45) is 0 Å². The van der Waals surface area contributed by atoms with E-state index in [1.54, 1.807) is 0 Å². The van der Waals surface area contributed by atoms with E-state index >= 15 is 0 Å². The molecule has 0 bridgehead atoms. The van der Waals surface area contributed by atoms with Crippen LogP contribution in [0.4, 0.5) is 10.5 Å². The molecule has 4 heteroatoms. The molecule has 21 heavy (non-hydrogen) atoms. The minimum absolute atomic E-state index is 0.481. The molecule has 0 aromatic heterocycles. The van der Waals surface area contributed by atoms with Gasteiger partial charge in [-0.3, -0.25) is 4.90 Å². The van der Waals surface area contributed by atoms with Crippen LogP contribution in [0.3, 0.4) is 0 Å². The Hall–Kier alpha value is -2.33. The van der Waals surface area contributed by atoms with E-state index in [-0.39, 0.29) is 0 Å². The van der Waals surface area contributed by atoms with Crippen molar-refractivity contribution in [3.8, 4) is 0 Å². The molecular weight excluding hydrogens is 266 g/mol. The second-order valence-corrected chi connectivity index (χ2v) is 5.28. The van der Waals surface area contributed by atoms with E-state index in [9.17, 15) is 9.90 Å². The van der Waals surface area contributed by atoms with Gasteiger partial charge in [-0.15, -0.1) is 0 Å². The van der Waals surface area contributed by atoms with E-state index in [0.29, 0.717) is 5.69 Å². The molecule has 1 amide bonds. The molecule has 1 N–H and O–H groups in total. The number of carbonyl (C=O) groups is 1. The maximum atomic E-state index is 12.3. The number of para-hydroxylation sites is 1. The lowest BCUT2D eigenvalue weighted by molar-refractivity contribution is 0.0950. The maximum absolute atomic E-state index is 12.3. The molecule has 2 aromatic carbocycles. The zero-order valence-corrected chi connectivity index (χ0v) is 12.0. The fourth-order valence-corrected chi connectivity index (χ4v) is 3.04. The molecule has 0 spiro atoms. The molecule has 0 saturated carbocycles. The highest BCUT2D eigenvalue weighted by Crippen LogP contribution is 2.51. The van der Waals surface area contributed by atoms with Crippen LogP contribution in [0.25, 0.3) is 0 Å². The zero-order valence-electron chi connectivity index (χ0n) is 12.0. The fourth-order valence-electron chi connectivity index (χ4n) is 3.04. The Bertz CT molecular complexity index is 671. The van der Waals surface area contributed by atoms with Crippen molar-refractivity contribution >= 4 is 11.8 Å². The molecule has 3 rings (SSSR count). The molecule has 1 heterocycles. The van der Waals surface area contributed by atoms with Crippen LogP contribution in [0.15, 0.2) is 54.6 Å². The minimum Gasteiger partial charge on any atom is -0.452 e. The fraction of sp³-hybridized carbons (Fsp3) is 0.235. The van der Waals surface area contributed by atoms with Gasteiger partial charge in [0.2, 0.25) is 0 Å². The van der Waals surface area contributed by atoms with Crippen molar-refractivity contribution < 1.29 is 14.6 Å². The number of ether oxygens (including phenoxy) is 1. The van der Waals surface area contributed by atoms with Gasteiger partial charge in [0.1, 0.15) is 11.6 Å². The number of benzene rings is 2. The number of aliphatic hydroxyl groups is 1. The van der Waals surface area contributed by atoms with Gasteiger partial charge in [0.25, 0.3) is 0 Å². The molecule has 0 aliphatic carbocycles. The van der Waals surface area contributed by atoms with Gasteiger partial charge in [0.15, 0.2) is 0 Å². The molecule has 4 nitrogen and oxygen atoms in total. The van der Waals surface area contributed by atoms with Gasteiger partial charge in [-0.1, -0.05) is 48.5 Å². The monoisotopic (exact) mass is 283 g/mol. The summed E-state index contributed by atoms with van der Waals surface area (Å²) in [5.74, 6) is 0. The Morgan fingerprint density at radius 1 is 1.14 bits per heavy atom. The van der Waals surface area contributed by atoms with Gasteiger partial charge < -0.3 is 9.84 Å². The van der Waals surface area contributed by atoms with E-state index in [2.05, 4.69) is 0 Å². The highest BCUT2D eigenvalue weighted by molar-refractivity contribution is 5.93. The molecule has 1 aliphatic rings. The standard InChI is InChI=1S/C17H17NO3/c1-17(12-8-4-3-5-9-12)15(19)13-10-6-7-11-14(13)18(17)16(20)21-2/h3-11,15,19H,1-2H3/t15-,17+/m1/s1. The van der Waals surface area contributed by atoms with Crippen LogP contribution in [-0.4, -0.2) is 18.3 Å². The molecule has 0 fully saturated rings. The smallest absolute Gasteiger partial charge is 0.414 e. The number of rotatable bonds is 1. The minimum atomic E-state index is -0.891. The van der Waals surface area contributed by atoms with Crippen LogP contribution in [0.2, 0.25) is 0 Å². The predicted octanol–water partition coefficient (Wildman–Crippen LogP) is 3.22. The van der Waals surface area contributed by atoms with Crippen molar-refractivity contribution in [3.63, 3.8) is 0 Å². The first-order valence-corrected chi connectivity index (χ1v) is 6.81. The Labute approximate surface area is 123 Å². The third-order valence-corrected chi connectivity index (χ3v) is 4.18. The van der Waals surface area contributed by atoms with E-state index in [1.165, 1.54) is 12.0 Å². The highest BCUT2D eigenvalue weighted by Gasteiger charge is 2.52. The van der Waals surface area contributed by atoms with Crippen LogP contribution in [0.5, 0.6) is 0 Å². The van der Waals surface area contributed by atoms with Gasteiger partial charge >= 0.3 is 6.09 Å². The summed E-state index contributed by atoms with van der Waals surface area (Å²) < 4.78 is 4.93. The second-order valence-electron chi connectivity index (χ2n) is 5.28. The number of aliphatic hydroxyl groups excluding tert-OH is 1. The van der Waals surface area contributed by atoms with Gasteiger partial charge in [0.05, 0.1) is 12.8 Å². The third kappa shape index (κ3) is 1.83. The summed E-state index contributed by atoms with van der Waals surface area (Å²) in [5.41, 5.74) is 1.38. The molecule has 108 valence electrons. The van der Waals surface area contributed by atoms with Crippen LogP contribution in [-0.2, 0) is 10.3 Å². The van der Waals surface area contributed by atoms with E-state index in [1.807, 2.05) is 61.5 Å². The van der Waals surface area contributed by atoms with Crippen molar-refractivity contribution in [2.75, 3.05) is 12.0 Å². The summed E-state index contributed by atoms with van der Waals surface area (Å²) in [4.78, 5) is 13.8. The average molecular weight is 283 g/mol. The van der Waals surface area contributed by atoms with E-state index in [4.69, 9.17) is 4.74 Å². The molecule has 2 aromatic rings. The lowest BCUT2D eigenvalue weighted by atomic mass is 9.85. The van der Waals surface area contributed by atoms with Gasteiger partial charge in [0, 0.05) is 5.56 Å². The van der Waals surface area contributed by atoms with Gasteiger partial charge in [-0.2, -0.15) is 0 Å². The van der Waals surface area contributed by atoms with Crippen molar-refractivity contribution in [1.29, 1.82) is 0 Å². The summed E-state index contributed by atoms with van der Waals surface area (Å²) in [5, 5.41) is 10.8. The number of nitrogens with zero attached hydrogens (tertiary/aromatic N) is 1. The van der Waals surface area contributed by atoms with Crippen molar-refractivity contribution in [3.05, 3.63) is 65.7 Å². The first kappa shape index (κ1) is 13.6. The quantitative estimate of drug-likeness (QED) is 0.874. The SMILES string of the molecule is COC(=O)N1c2ccccc2[C@@H](O)[C@]1(C)c1ccccc1. The molecule has 0 unspecified atom stereocenters. The summed E-state index contributed by atoms with van der Waals surface area (Å²) in [6.07, 6.45) is -1.29. The highest BCUT2D eigenvalue weighted by atomic mass is 16.5. The first-order chi connectivity index (χ1) is 10.1. The molecule has 1 aliphatic heterocycles. The third-order valence-electron chi connectivity index (χ3n) is 4.18. The Balaban J connectivity index is 2.22. The lowest BCUT2D eigenvalue weighted by Gasteiger charge is -2.37. The number of methoxy groups -OCH3 is 1. The Morgan fingerprint density at radius 2 is 1.76 bits per heavy atom. The zero-order chi connectivity index (χ0) is 15.0. The number of hydrogen-bond donors (Lipinski definition) is 1. The van der Waals surface area contributed by atoms with Crippen molar-refractivity contribution in [1.82, 2.24) is 0 Å². The van der Waals surface area contributed by atoms with Crippen molar-refractivity contribution in [2.45, 2.75) is 18.6 Å². The summed E-state index contributed by atoms with van der Waals surface area (Å²) in [7, 11) is 1.35. The van der Waals surface area contributed by atoms with Gasteiger partial charge in [-0.25, -0.2) is 4.79 Å². The van der Waals surface area contributed by atoms with Crippen LogP contribution in [0, 0.1) is 0 Å². The molecule has 0 saturated heterocycles. The van der Waals surface area contributed by atoms with Crippen LogP contribution in [0.1, 0.15) is 24.2 Å². The normalized spacial score (nSPS) is 23.8. The number of amides is 1. The Kier molecular flexibility index (Phi) is 3.18. The lowest BCUT2D eigenvalue weighted by Crippen LogP contribution is -2.47. The molecule has 2 atom stereocenters.